The highest BCUT2D eigenvalue weighted by molar-refractivity contribution is 6.32. The largest absolute Gasteiger partial charge is 0.495 e. The van der Waals surface area contributed by atoms with Gasteiger partial charge in [0.1, 0.15) is 5.75 Å². The van der Waals surface area contributed by atoms with Gasteiger partial charge in [0.15, 0.2) is 0 Å². The van der Waals surface area contributed by atoms with Crippen molar-refractivity contribution < 1.29 is 4.74 Å². The second-order valence-electron chi connectivity index (χ2n) is 4.81. The molecule has 2 unspecified atom stereocenters. The second kappa shape index (κ2) is 5.91. The Balaban J connectivity index is 2.32. The maximum Gasteiger partial charge on any atom is 0.137 e. The van der Waals surface area contributed by atoms with E-state index >= 15 is 0 Å². The van der Waals surface area contributed by atoms with Gasteiger partial charge in [0.05, 0.1) is 12.1 Å². The number of hydrogen-bond acceptors (Lipinski definition) is 3. The van der Waals surface area contributed by atoms with E-state index < -0.39 is 0 Å². The minimum atomic E-state index is 0.302. The predicted molar refractivity (Wildman–Crippen MR) is 75.6 cm³/mol. The van der Waals surface area contributed by atoms with Crippen LogP contribution in [0.3, 0.4) is 0 Å². The lowest BCUT2D eigenvalue weighted by Crippen LogP contribution is -2.36. The van der Waals surface area contributed by atoms with Crippen molar-refractivity contribution in [3.63, 3.8) is 0 Å². The van der Waals surface area contributed by atoms with Gasteiger partial charge in [-0.1, -0.05) is 11.6 Å². The van der Waals surface area contributed by atoms with E-state index in [2.05, 4.69) is 17.6 Å². The molecule has 0 spiro atoms. The molecule has 1 aliphatic rings. The Morgan fingerprint density at radius 3 is 2.83 bits per heavy atom. The number of hydrogen-bond donors (Lipinski definition) is 2. The highest BCUT2D eigenvalue weighted by Gasteiger charge is 2.26. The lowest BCUT2D eigenvalue weighted by atomic mass is 9.94. The van der Waals surface area contributed by atoms with Crippen LogP contribution < -0.4 is 15.4 Å². The van der Waals surface area contributed by atoms with Gasteiger partial charge in [-0.2, -0.15) is 0 Å². The fraction of sp³-hybridized carbons (Fsp3) is 0.571. The van der Waals surface area contributed by atoms with Gasteiger partial charge in [-0.3, -0.25) is 0 Å². The van der Waals surface area contributed by atoms with E-state index in [1.54, 1.807) is 7.11 Å². The van der Waals surface area contributed by atoms with E-state index in [9.17, 15) is 0 Å². The van der Waals surface area contributed by atoms with Gasteiger partial charge >= 0.3 is 0 Å². The zero-order chi connectivity index (χ0) is 13.1. The first kappa shape index (κ1) is 13.7. The van der Waals surface area contributed by atoms with E-state index in [0.29, 0.717) is 17.1 Å². The van der Waals surface area contributed by atoms with Crippen molar-refractivity contribution in [1.82, 2.24) is 10.6 Å². The van der Waals surface area contributed by atoms with Crippen LogP contribution in [0.15, 0.2) is 12.1 Å². The van der Waals surface area contributed by atoms with Gasteiger partial charge in [-0.05, 0) is 56.6 Å². The highest BCUT2D eigenvalue weighted by Crippen LogP contribution is 2.33. The molecule has 0 aliphatic carbocycles. The predicted octanol–water partition coefficient (Wildman–Crippen LogP) is 2.67. The van der Waals surface area contributed by atoms with Crippen LogP contribution in [0.4, 0.5) is 0 Å². The van der Waals surface area contributed by atoms with Crippen molar-refractivity contribution in [3.8, 4) is 5.75 Å². The lowest BCUT2D eigenvalue weighted by molar-refractivity contribution is 0.412. The first-order chi connectivity index (χ1) is 8.67. The number of benzene rings is 1. The fourth-order valence-corrected chi connectivity index (χ4v) is 2.98. The molecule has 2 rings (SSSR count). The summed E-state index contributed by atoms with van der Waals surface area (Å²) >= 11 is 6.24. The molecular weight excluding hydrogens is 248 g/mol. The summed E-state index contributed by atoms with van der Waals surface area (Å²) in [5.74, 6) is 0.743. The van der Waals surface area contributed by atoms with Crippen LogP contribution in [0.5, 0.6) is 5.75 Å². The summed E-state index contributed by atoms with van der Waals surface area (Å²) in [6.45, 7) is 3.21. The Bertz CT molecular complexity index is 417. The first-order valence-electron chi connectivity index (χ1n) is 6.42. The average Bonchev–Trinajstić information content (AvgIpc) is 2.87. The van der Waals surface area contributed by atoms with Crippen molar-refractivity contribution in [3.05, 3.63) is 28.3 Å². The molecule has 1 fully saturated rings. The summed E-state index contributed by atoms with van der Waals surface area (Å²) < 4.78 is 5.25. The Morgan fingerprint density at radius 2 is 2.28 bits per heavy atom. The number of nitrogens with one attached hydrogen (secondary N) is 2. The number of ether oxygens (including phenoxy) is 1. The molecule has 2 N–H and O–H groups in total. The van der Waals surface area contributed by atoms with E-state index in [1.807, 2.05) is 19.2 Å². The molecule has 2 atom stereocenters. The number of likely N-dealkylation sites (N-methyl/N-ethyl adjacent to an activating group) is 1. The molecule has 1 aromatic carbocycles. The molecule has 3 nitrogen and oxygen atoms in total. The number of aryl methyl sites for hydroxylation is 1. The van der Waals surface area contributed by atoms with Crippen molar-refractivity contribution >= 4 is 11.6 Å². The van der Waals surface area contributed by atoms with Crippen molar-refractivity contribution in [2.45, 2.75) is 31.8 Å². The standard InChI is InChI=1S/C14H21ClN2O/c1-9-7-13(18-3)11(15)8-10(9)14(16-2)12-5-4-6-17-12/h7-8,12,14,16-17H,4-6H2,1-3H3. The first-order valence-corrected chi connectivity index (χ1v) is 6.80. The van der Waals surface area contributed by atoms with Crippen LogP contribution in [0.2, 0.25) is 5.02 Å². The van der Waals surface area contributed by atoms with Crippen LogP contribution >= 0.6 is 11.6 Å². The summed E-state index contributed by atoms with van der Waals surface area (Å²) in [6, 6.07) is 4.82. The maximum absolute atomic E-state index is 6.24. The fourth-order valence-electron chi connectivity index (χ4n) is 2.73. The topological polar surface area (TPSA) is 33.3 Å². The van der Waals surface area contributed by atoms with E-state index in [1.165, 1.54) is 24.0 Å². The molecule has 0 saturated carbocycles. The third-order valence-electron chi connectivity index (χ3n) is 3.69. The number of rotatable bonds is 4. The van der Waals surface area contributed by atoms with Gasteiger partial charge in [-0.25, -0.2) is 0 Å². The Labute approximate surface area is 114 Å². The lowest BCUT2D eigenvalue weighted by Gasteiger charge is -2.26. The average molecular weight is 269 g/mol. The molecule has 1 saturated heterocycles. The van der Waals surface area contributed by atoms with Gasteiger partial charge in [-0.15, -0.1) is 0 Å². The molecule has 1 heterocycles. The smallest absolute Gasteiger partial charge is 0.137 e. The SMILES string of the molecule is CNC(c1cc(Cl)c(OC)cc1C)C1CCCN1. The zero-order valence-electron chi connectivity index (χ0n) is 11.2. The summed E-state index contributed by atoms with van der Waals surface area (Å²) in [4.78, 5) is 0. The van der Waals surface area contributed by atoms with Gasteiger partial charge in [0, 0.05) is 12.1 Å². The third-order valence-corrected chi connectivity index (χ3v) is 3.98. The van der Waals surface area contributed by atoms with Crippen LogP contribution in [0.1, 0.15) is 30.0 Å². The van der Waals surface area contributed by atoms with E-state index in [4.69, 9.17) is 16.3 Å². The molecule has 0 bridgehead atoms. The second-order valence-corrected chi connectivity index (χ2v) is 5.22. The highest BCUT2D eigenvalue weighted by atomic mass is 35.5. The van der Waals surface area contributed by atoms with Gasteiger partial charge in [0.25, 0.3) is 0 Å². The van der Waals surface area contributed by atoms with E-state index in [0.717, 1.165) is 12.3 Å². The van der Waals surface area contributed by atoms with Crippen molar-refractivity contribution in [2.75, 3.05) is 20.7 Å². The van der Waals surface area contributed by atoms with Crippen molar-refractivity contribution in [2.24, 2.45) is 0 Å². The molecule has 1 aliphatic heterocycles. The molecule has 0 radical (unpaired) electrons. The van der Waals surface area contributed by atoms with E-state index in [-0.39, 0.29) is 0 Å². The Kier molecular flexibility index (Phi) is 4.49. The zero-order valence-corrected chi connectivity index (χ0v) is 12.0. The number of halogens is 1. The van der Waals surface area contributed by atoms with Gasteiger partial charge in [0.2, 0.25) is 0 Å². The maximum atomic E-state index is 6.24. The van der Waals surface area contributed by atoms with Crippen LogP contribution in [0.25, 0.3) is 0 Å². The molecule has 1 aromatic rings. The molecule has 0 amide bonds. The Morgan fingerprint density at radius 1 is 1.50 bits per heavy atom. The third kappa shape index (κ3) is 2.63. The summed E-state index contributed by atoms with van der Waals surface area (Å²) in [5.41, 5.74) is 2.46. The summed E-state index contributed by atoms with van der Waals surface area (Å²) in [6.07, 6.45) is 2.44. The number of methoxy groups -OCH3 is 1. The molecule has 100 valence electrons. The van der Waals surface area contributed by atoms with Gasteiger partial charge < -0.3 is 15.4 Å². The Hall–Kier alpha value is -0.770. The monoisotopic (exact) mass is 268 g/mol. The van der Waals surface area contributed by atoms with Crippen LogP contribution in [-0.4, -0.2) is 26.7 Å². The van der Waals surface area contributed by atoms with Crippen LogP contribution in [0, 0.1) is 6.92 Å². The molecular formula is C14H21ClN2O. The van der Waals surface area contributed by atoms with Crippen molar-refractivity contribution in [1.29, 1.82) is 0 Å². The quantitative estimate of drug-likeness (QED) is 0.881. The molecule has 0 aromatic heterocycles. The minimum Gasteiger partial charge on any atom is -0.495 e. The normalized spacial score (nSPS) is 21.0. The summed E-state index contributed by atoms with van der Waals surface area (Å²) in [7, 11) is 3.65. The summed E-state index contributed by atoms with van der Waals surface area (Å²) in [5, 5.41) is 7.63. The molecule has 4 heteroatoms. The minimum absolute atomic E-state index is 0.302. The van der Waals surface area contributed by atoms with Crippen LogP contribution in [-0.2, 0) is 0 Å². The molecule has 18 heavy (non-hydrogen) atoms.